The van der Waals surface area contributed by atoms with Crippen molar-refractivity contribution < 1.29 is 19.8 Å². The van der Waals surface area contributed by atoms with E-state index in [1.54, 1.807) is 0 Å². The number of carboxylic acid groups (broad SMARTS) is 2. The van der Waals surface area contributed by atoms with Gasteiger partial charge >= 0.3 is 11.9 Å². The van der Waals surface area contributed by atoms with Gasteiger partial charge in [0.2, 0.25) is 0 Å². The number of aliphatic carboxylic acids is 2. The second-order valence-corrected chi connectivity index (χ2v) is 3.12. The predicted molar refractivity (Wildman–Crippen MR) is 51.8 cm³/mol. The Morgan fingerprint density at radius 3 is 1.79 bits per heavy atom. The van der Waals surface area contributed by atoms with Crippen LogP contribution >= 0.6 is 0 Å². The van der Waals surface area contributed by atoms with Crippen molar-refractivity contribution in [2.24, 2.45) is 11.5 Å². The first-order chi connectivity index (χ1) is 6.27. The van der Waals surface area contributed by atoms with Crippen LogP contribution < -0.4 is 11.5 Å². The van der Waals surface area contributed by atoms with Gasteiger partial charge in [-0.15, -0.1) is 0 Å². The van der Waals surface area contributed by atoms with Gasteiger partial charge in [-0.05, 0) is 12.5 Å². The first-order valence-corrected chi connectivity index (χ1v) is 4.23. The zero-order valence-electron chi connectivity index (χ0n) is 8.43. The summed E-state index contributed by atoms with van der Waals surface area (Å²) in [6.45, 7) is 3.89. The van der Waals surface area contributed by atoms with Crippen LogP contribution in [0.15, 0.2) is 0 Å². The second-order valence-electron chi connectivity index (χ2n) is 3.12. The Kier molecular flexibility index (Phi) is 9.27. The molecule has 0 spiro atoms. The monoisotopic (exact) mass is 206 g/mol. The molecule has 1 unspecified atom stereocenters. The third-order valence-electron chi connectivity index (χ3n) is 0.986. The lowest BCUT2D eigenvalue weighted by Crippen LogP contribution is -2.30. The van der Waals surface area contributed by atoms with E-state index in [9.17, 15) is 9.59 Å². The van der Waals surface area contributed by atoms with Crippen LogP contribution in [0.1, 0.15) is 26.7 Å². The molecule has 6 N–H and O–H groups in total. The highest BCUT2D eigenvalue weighted by atomic mass is 16.4. The van der Waals surface area contributed by atoms with Gasteiger partial charge in [0.05, 0.1) is 0 Å². The molecule has 0 radical (unpaired) electrons. The summed E-state index contributed by atoms with van der Waals surface area (Å²) < 4.78 is 0. The molecule has 0 saturated carbocycles. The van der Waals surface area contributed by atoms with E-state index in [4.69, 9.17) is 21.7 Å². The van der Waals surface area contributed by atoms with Gasteiger partial charge in [-0.25, -0.2) is 0 Å². The van der Waals surface area contributed by atoms with Crippen molar-refractivity contribution in [2.45, 2.75) is 38.8 Å². The fourth-order valence-corrected chi connectivity index (χ4v) is 0.402. The fraction of sp³-hybridized carbons (Fsp3) is 0.750. The maximum atomic E-state index is 9.99. The highest BCUT2D eigenvalue weighted by Crippen LogP contribution is 1.93. The Morgan fingerprint density at radius 2 is 1.57 bits per heavy atom. The third-order valence-corrected chi connectivity index (χ3v) is 0.986. The van der Waals surface area contributed by atoms with Gasteiger partial charge in [0, 0.05) is 6.42 Å². The minimum Gasteiger partial charge on any atom is -0.481 e. The molecule has 0 bridgehead atoms. The quantitative estimate of drug-likeness (QED) is 0.496. The molecule has 6 heteroatoms. The van der Waals surface area contributed by atoms with Crippen LogP contribution in [-0.2, 0) is 9.59 Å². The molecule has 0 amide bonds. The van der Waals surface area contributed by atoms with E-state index in [1.165, 1.54) is 0 Å². The van der Waals surface area contributed by atoms with E-state index in [1.807, 2.05) is 13.8 Å². The molecule has 14 heavy (non-hydrogen) atoms. The van der Waals surface area contributed by atoms with E-state index < -0.39 is 18.0 Å². The highest BCUT2D eigenvalue weighted by molar-refractivity contribution is 5.74. The van der Waals surface area contributed by atoms with Crippen LogP contribution in [0.5, 0.6) is 0 Å². The predicted octanol–water partition coefficient (Wildman–Crippen LogP) is -0.383. The second kappa shape index (κ2) is 8.46. The lowest BCUT2D eigenvalue weighted by atomic mass is 10.2. The minimum atomic E-state index is -1.17. The van der Waals surface area contributed by atoms with Crippen molar-refractivity contribution in [3.05, 3.63) is 0 Å². The van der Waals surface area contributed by atoms with Crippen LogP contribution in [0.2, 0.25) is 0 Å². The Bertz CT molecular complexity index is 179. The summed E-state index contributed by atoms with van der Waals surface area (Å²) in [7, 11) is 0. The van der Waals surface area contributed by atoms with E-state index in [2.05, 4.69) is 0 Å². The van der Waals surface area contributed by atoms with Gasteiger partial charge < -0.3 is 21.7 Å². The maximum Gasteiger partial charge on any atom is 0.320 e. The summed E-state index contributed by atoms with van der Waals surface area (Å²) in [5.74, 6) is -2.20. The topological polar surface area (TPSA) is 127 Å². The average molecular weight is 206 g/mol. The summed E-state index contributed by atoms with van der Waals surface area (Å²) >= 11 is 0. The normalized spacial score (nSPS) is 11.5. The molecule has 84 valence electrons. The van der Waals surface area contributed by atoms with Crippen molar-refractivity contribution >= 4 is 11.9 Å². The zero-order chi connectivity index (χ0) is 11.7. The smallest absolute Gasteiger partial charge is 0.320 e. The van der Waals surface area contributed by atoms with Gasteiger partial charge in [0.15, 0.2) is 0 Å². The van der Waals surface area contributed by atoms with Gasteiger partial charge in [-0.3, -0.25) is 9.59 Å². The van der Waals surface area contributed by atoms with Crippen molar-refractivity contribution in [1.29, 1.82) is 0 Å². The molecule has 0 heterocycles. The van der Waals surface area contributed by atoms with Crippen LogP contribution in [0.4, 0.5) is 0 Å². The molecule has 0 aliphatic heterocycles. The molecule has 0 rings (SSSR count). The van der Waals surface area contributed by atoms with E-state index >= 15 is 0 Å². The largest absolute Gasteiger partial charge is 0.481 e. The van der Waals surface area contributed by atoms with E-state index in [0.717, 1.165) is 0 Å². The SMILES string of the molecule is CC(C)N.NC(CCC(=O)O)C(=O)O. The first kappa shape index (κ1) is 15.3. The third kappa shape index (κ3) is 17.1. The number of hydrogen-bond donors (Lipinski definition) is 4. The van der Waals surface area contributed by atoms with Crippen molar-refractivity contribution in [2.75, 3.05) is 0 Å². The number of carbonyl (C=O) groups is 2. The summed E-state index contributed by atoms with van der Waals surface area (Å²) in [6.07, 6.45) is -0.224. The molecule has 0 saturated heterocycles. The van der Waals surface area contributed by atoms with Gasteiger partial charge in [-0.2, -0.15) is 0 Å². The van der Waals surface area contributed by atoms with Gasteiger partial charge in [0.25, 0.3) is 0 Å². The highest BCUT2D eigenvalue weighted by Gasteiger charge is 2.12. The van der Waals surface area contributed by atoms with Crippen LogP contribution in [0.25, 0.3) is 0 Å². The van der Waals surface area contributed by atoms with E-state index in [-0.39, 0.29) is 12.8 Å². The molecule has 6 nitrogen and oxygen atoms in total. The Balaban J connectivity index is 0. The number of hydrogen-bond acceptors (Lipinski definition) is 4. The fourth-order valence-electron chi connectivity index (χ4n) is 0.402. The Hall–Kier alpha value is -1.14. The summed E-state index contributed by atoms with van der Waals surface area (Å²) in [5, 5.41) is 16.3. The molecular formula is C8H18N2O4. The molecule has 0 aromatic carbocycles. The summed E-state index contributed by atoms with van der Waals surface area (Å²) in [5.41, 5.74) is 10.1. The van der Waals surface area contributed by atoms with Crippen molar-refractivity contribution in [1.82, 2.24) is 0 Å². The van der Waals surface area contributed by atoms with Crippen molar-refractivity contribution in [3.8, 4) is 0 Å². The number of rotatable bonds is 4. The zero-order valence-corrected chi connectivity index (χ0v) is 8.43. The number of nitrogens with two attached hydrogens (primary N) is 2. The standard InChI is InChI=1S/C5H9NO4.C3H9N/c6-3(5(9)10)1-2-4(7)8;1-3(2)4/h3H,1-2,6H2,(H,7,8)(H,9,10);3H,4H2,1-2H3. The Labute approximate surface area is 82.9 Å². The summed E-state index contributed by atoms with van der Waals surface area (Å²) in [6, 6.07) is -0.726. The molecule has 0 aliphatic carbocycles. The molecule has 0 fully saturated rings. The molecule has 0 aromatic heterocycles. The van der Waals surface area contributed by atoms with Crippen LogP contribution in [0.3, 0.4) is 0 Å². The van der Waals surface area contributed by atoms with Crippen molar-refractivity contribution in [3.63, 3.8) is 0 Å². The number of carboxylic acids is 2. The molecular weight excluding hydrogens is 188 g/mol. The maximum absolute atomic E-state index is 9.99. The molecule has 0 aromatic rings. The average Bonchev–Trinajstić information content (AvgIpc) is 1.98. The minimum absolute atomic E-state index is 0.0231. The molecule has 1 atom stereocenters. The van der Waals surface area contributed by atoms with Crippen LogP contribution in [0, 0.1) is 0 Å². The first-order valence-electron chi connectivity index (χ1n) is 4.23. The van der Waals surface area contributed by atoms with E-state index in [0.29, 0.717) is 6.04 Å². The summed E-state index contributed by atoms with van der Waals surface area (Å²) in [4.78, 5) is 19.9. The van der Waals surface area contributed by atoms with Crippen LogP contribution in [-0.4, -0.2) is 34.2 Å². The Morgan fingerprint density at radius 1 is 1.21 bits per heavy atom. The van der Waals surface area contributed by atoms with Gasteiger partial charge in [0.1, 0.15) is 6.04 Å². The molecule has 0 aliphatic rings. The lowest BCUT2D eigenvalue weighted by Gasteiger charge is -2.01. The van der Waals surface area contributed by atoms with Gasteiger partial charge in [-0.1, -0.05) is 13.8 Å². The lowest BCUT2D eigenvalue weighted by molar-refractivity contribution is -0.139.